The van der Waals surface area contributed by atoms with Crippen molar-refractivity contribution in [2.45, 2.75) is 19.6 Å². The van der Waals surface area contributed by atoms with E-state index in [4.69, 9.17) is 14.2 Å². The van der Waals surface area contributed by atoms with Gasteiger partial charge in [-0.3, -0.25) is 0 Å². The number of para-hydroxylation sites is 1. The number of carbonyl (C=O) groups is 2. The van der Waals surface area contributed by atoms with E-state index < -0.39 is 17.7 Å². The molecule has 0 aliphatic carbocycles. The zero-order valence-corrected chi connectivity index (χ0v) is 13.3. The minimum Gasteiger partial charge on any atom is -0.457 e. The van der Waals surface area contributed by atoms with Gasteiger partial charge in [0.2, 0.25) is 0 Å². The molecule has 0 spiro atoms. The molecule has 0 unspecified atom stereocenters. The summed E-state index contributed by atoms with van der Waals surface area (Å²) in [6.07, 6.45) is 1.43. The van der Waals surface area contributed by atoms with E-state index in [1.807, 2.05) is 30.3 Å². The van der Waals surface area contributed by atoms with Crippen LogP contribution in [0.5, 0.6) is 11.5 Å². The van der Waals surface area contributed by atoms with E-state index in [9.17, 15) is 9.59 Å². The second kappa shape index (κ2) is 6.20. The Labute approximate surface area is 139 Å². The Morgan fingerprint density at radius 2 is 1.50 bits per heavy atom. The quantitative estimate of drug-likeness (QED) is 0.489. The summed E-state index contributed by atoms with van der Waals surface area (Å²) in [5.41, 5.74) is 0.484. The largest absolute Gasteiger partial charge is 0.457 e. The predicted octanol–water partition coefficient (Wildman–Crippen LogP) is 3.70. The number of hydrogen-bond donors (Lipinski definition) is 0. The minimum absolute atomic E-state index is 0.147. The molecule has 3 rings (SSSR count). The third-order valence-electron chi connectivity index (χ3n) is 3.26. The lowest BCUT2D eigenvalue weighted by Gasteiger charge is -2.29. The molecule has 0 radical (unpaired) electrons. The molecule has 5 heteroatoms. The Bertz CT molecular complexity index is 784. The predicted molar refractivity (Wildman–Crippen MR) is 87.2 cm³/mol. The summed E-state index contributed by atoms with van der Waals surface area (Å²) < 4.78 is 15.9. The highest BCUT2D eigenvalue weighted by Gasteiger charge is 2.38. The first-order valence-corrected chi connectivity index (χ1v) is 7.44. The molecular formula is C19H16O5. The van der Waals surface area contributed by atoms with Crippen LogP contribution < -0.4 is 4.74 Å². The van der Waals surface area contributed by atoms with Crippen LogP contribution in [0.4, 0.5) is 0 Å². The fourth-order valence-electron chi connectivity index (χ4n) is 2.24. The number of ether oxygens (including phenoxy) is 3. The molecule has 24 heavy (non-hydrogen) atoms. The summed E-state index contributed by atoms with van der Waals surface area (Å²) in [6.45, 7) is 3.02. The number of benzene rings is 2. The molecular weight excluding hydrogens is 308 g/mol. The normalized spacial score (nSPS) is 16.2. The Morgan fingerprint density at radius 1 is 0.875 bits per heavy atom. The molecule has 0 amide bonds. The molecule has 0 saturated carbocycles. The molecule has 1 aliphatic heterocycles. The molecule has 0 bridgehead atoms. The van der Waals surface area contributed by atoms with Gasteiger partial charge in [-0.05, 0) is 35.9 Å². The third-order valence-corrected chi connectivity index (χ3v) is 3.26. The van der Waals surface area contributed by atoms with Crippen molar-refractivity contribution >= 4 is 18.0 Å². The molecule has 1 fully saturated rings. The van der Waals surface area contributed by atoms with Crippen LogP contribution in [0, 0.1) is 0 Å². The van der Waals surface area contributed by atoms with Gasteiger partial charge in [-0.15, -0.1) is 0 Å². The molecule has 1 heterocycles. The SMILES string of the molecule is CC1(C)OC(=O)C(=Cc2cccc(Oc3ccccc3)c2)C(=O)O1. The van der Waals surface area contributed by atoms with Gasteiger partial charge in [0.05, 0.1) is 0 Å². The average molecular weight is 324 g/mol. The van der Waals surface area contributed by atoms with E-state index >= 15 is 0 Å². The number of esters is 2. The lowest BCUT2D eigenvalue weighted by molar-refractivity contribution is -0.222. The van der Waals surface area contributed by atoms with Crippen LogP contribution >= 0.6 is 0 Å². The smallest absolute Gasteiger partial charge is 0.348 e. The number of hydrogen-bond acceptors (Lipinski definition) is 5. The fourth-order valence-corrected chi connectivity index (χ4v) is 2.24. The summed E-state index contributed by atoms with van der Waals surface area (Å²) >= 11 is 0. The maximum Gasteiger partial charge on any atom is 0.348 e. The van der Waals surface area contributed by atoms with Gasteiger partial charge >= 0.3 is 11.9 Å². The van der Waals surface area contributed by atoms with Crippen molar-refractivity contribution < 1.29 is 23.8 Å². The zero-order valence-electron chi connectivity index (χ0n) is 13.3. The topological polar surface area (TPSA) is 61.8 Å². The molecule has 2 aromatic rings. The number of cyclic esters (lactones) is 2. The maximum absolute atomic E-state index is 12.0. The molecule has 5 nitrogen and oxygen atoms in total. The molecule has 122 valence electrons. The molecule has 0 aromatic heterocycles. The molecule has 1 aliphatic rings. The van der Waals surface area contributed by atoms with E-state index in [0.29, 0.717) is 17.1 Å². The molecule has 0 N–H and O–H groups in total. The lowest BCUT2D eigenvalue weighted by atomic mass is 10.1. The van der Waals surface area contributed by atoms with Crippen LogP contribution in [0.15, 0.2) is 60.2 Å². The summed E-state index contributed by atoms with van der Waals surface area (Å²) in [7, 11) is 0. The van der Waals surface area contributed by atoms with Crippen molar-refractivity contribution in [1.82, 2.24) is 0 Å². The molecule has 1 saturated heterocycles. The zero-order chi connectivity index (χ0) is 17.2. The van der Waals surface area contributed by atoms with Gasteiger partial charge < -0.3 is 14.2 Å². The van der Waals surface area contributed by atoms with E-state index in [0.717, 1.165) is 0 Å². The second-order valence-electron chi connectivity index (χ2n) is 5.72. The summed E-state index contributed by atoms with van der Waals surface area (Å²) in [5.74, 6) is -1.37. The van der Waals surface area contributed by atoms with E-state index in [-0.39, 0.29) is 5.57 Å². The highest BCUT2D eigenvalue weighted by atomic mass is 16.7. The van der Waals surface area contributed by atoms with Gasteiger partial charge in [0.25, 0.3) is 5.79 Å². The Morgan fingerprint density at radius 3 is 2.17 bits per heavy atom. The van der Waals surface area contributed by atoms with Crippen LogP contribution in [0.2, 0.25) is 0 Å². The first-order valence-electron chi connectivity index (χ1n) is 7.44. The van der Waals surface area contributed by atoms with E-state index in [1.54, 1.807) is 24.3 Å². The van der Waals surface area contributed by atoms with Crippen molar-refractivity contribution in [3.8, 4) is 11.5 Å². The number of rotatable bonds is 3. The summed E-state index contributed by atoms with van der Waals surface area (Å²) in [5, 5.41) is 0. The van der Waals surface area contributed by atoms with Crippen LogP contribution in [-0.2, 0) is 19.1 Å². The van der Waals surface area contributed by atoms with Gasteiger partial charge in [-0.2, -0.15) is 0 Å². The van der Waals surface area contributed by atoms with E-state index in [2.05, 4.69) is 0 Å². The minimum atomic E-state index is -1.25. The Kier molecular flexibility index (Phi) is 4.08. The van der Waals surface area contributed by atoms with Gasteiger partial charge in [0.1, 0.15) is 17.1 Å². The van der Waals surface area contributed by atoms with Crippen LogP contribution in [-0.4, -0.2) is 17.7 Å². The summed E-state index contributed by atoms with van der Waals surface area (Å²) in [6, 6.07) is 16.4. The van der Waals surface area contributed by atoms with Gasteiger partial charge in [0, 0.05) is 13.8 Å². The Hall–Kier alpha value is -3.08. The van der Waals surface area contributed by atoms with Crippen molar-refractivity contribution in [1.29, 1.82) is 0 Å². The van der Waals surface area contributed by atoms with Crippen LogP contribution in [0.25, 0.3) is 6.08 Å². The summed E-state index contributed by atoms with van der Waals surface area (Å²) in [4.78, 5) is 24.0. The van der Waals surface area contributed by atoms with Crippen molar-refractivity contribution in [2.75, 3.05) is 0 Å². The van der Waals surface area contributed by atoms with Crippen molar-refractivity contribution in [3.63, 3.8) is 0 Å². The highest BCUT2D eigenvalue weighted by molar-refractivity contribution is 6.18. The monoisotopic (exact) mass is 324 g/mol. The highest BCUT2D eigenvalue weighted by Crippen LogP contribution is 2.26. The van der Waals surface area contributed by atoms with E-state index in [1.165, 1.54) is 19.9 Å². The molecule has 0 atom stereocenters. The maximum atomic E-state index is 12.0. The first-order chi connectivity index (χ1) is 11.4. The fraction of sp³-hybridized carbons (Fsp3) is 0.158. The third kappa shape index (κ3) is 3.63. The van der Waals surface area contributed by atoms with Crippen LogP contribution in [0.1, 0.15) is 19.4 Å². The van der Waals surface area contributed by atoms with Gasteiger partial charge in [-0.25, -0.2) is 9.59 Å². The van der Waals surface area contributed by atoms with Gasteiger partial charge in [0.15, 0.2) is 0 Å². The first kappa shape index (κ1) is 15.8. The van der Waals surface area contributed by atoms with Crippen molar-refractivity contribution in [3.05, 3.63) is 65.7 Å². The number of carbonyl (C=O) groups excluding carboxylic acids is 2. The molecule has 2 aromatic carbocycles. The van der Waals surface area contributed by atoms with Crippen molar-refractivity contribution in [2.24, 2.45) is 0 Å². The lowest BCUT2D eigenvalue weighted by Crippen LogP contribution is -2.41. The Balaban J connectivity index is 1.84. The van der Waals surface area contributed by atoms with Crippen LogP contribution in [0.3, 0.4) is 0 Å². The second-order valence-corrected chi connectivity index (χ2v) is 5.72. The standard InChI is InChI=1S/C19H16O5/c1-19(2)23-17(20)16(18(21)24-19)12-13-7-6-10-15(11-13)22-14-8-4-3-5-9-14/h3-12H,1-2H3. The van der Waals surface area contributed by atoms with Gasteiger partial charge in [-0.1, -0.05) is 30.3 Å². The average Bonchev–Trinajstić information content (AvgIpc) is 2.51.